The van der Waals surface area contributed by atoms with Gasteiger partial charge in [-0.3, -0.25) is 0 Å². The molecule has 0 saturated carbocycles. The summed E-state index contributed by atoms with van der Waals surface area (Å²) in [4.78, 5) is 0. The summed E-state index contributed by atoms with van der Waals surface area (Å²) in [5, 5.41) is 0. The third kappa shape index (κ3) is 2.22. The van der Waals surface area contributed by atoms with Crippen molar-refractivity contribution >= 4 is 38.4 Å². The van der Waals surface area contributed by atoms with Gasteiger partial charge in [-0.05, 0) is 11.6 Å². The largest absolute Gasteiger partial charge is 0.111 e. The Balaban J connectivity index is 2.81. The van der Waals surface area contributed by atoms with E-state index in [1.54, 1.807) is 0 Å². The van der Waals surface area contributed by atoms with E-state index < -0.39 is 0 Å². The Morgan fingerprint density at radius 3 is 2.70 bits per heavy atom. The Morgan fingerprint density at radius 2 is 2.10 bits per heavy atom. The summed E-state index contributed by atoms with van der Waals surface area (Å²) in [6.45, 7) is 0. The van der Waals surface area contributed by atoms with Crippen molar-refractivity contribution in [1.29, 1.82) is 0 Å². The van der Waals surface area contributed by atoms with Gasteiger partial charge in [0.05, 0.1) is 0 Å². The molecule has 0 N–H and O–H groups in total. The molecule has 0 aliphatic heterocycles. The first-order valence-corrected chi connectivity index (χ1v) is 5.67. The Morgan fingerprint density at radius 1 is 1.40 bits per heavy atom. The van der Waals surface area contributed by atoms with Crippen LogP contribution in [0, 0.1) is 0 Å². The van der Waals surface area contributed by atoms with Gasteiger partial charge in [-0.15, -0.1) is 11.7 Å². The topological polar surface area (TPSA) is 0 Å². The molecule has 0 amide bonds. The van der Waals surface area contributed by atoms with Crippen LogP contribution in [0.15, 0.2) is 28.7 Å². The number of benzene rings is 1. The van der Waals surface area contributed by atoms with Gasteiger partial charge in [-0.2, -0.15) is 0 Å². The van der Waals surface area contributed by atoms with E-state index in [1.165, 1.54) is 16.4 Å². The molecule has 0 heterocycles. The van der Waals surface area contributed by atoms with E-state index in [1.807, 2.05) is 18.2 Å². The zero-order valence-electron chi connectivity index (χ0n) is 5.25. The molecule has 0 aliphatic rings. The maximum atomic E-state index is 4.08. The molecule has 0 nitrogen and oxygen atoms in total. The van der Waals surface area contributed by atoms with Crippen molar-refractivity contribution in [2.45, 2.75) is 5.75 Å². The van der Waals surface area contributed by atoms with E-state index in [9.17, 15) is 0 Å². The molecule has 10 heavy (non-hydrogen) atoms. The minimum absolute atomic E-state index is 0.949. The Labute approximate surface area is 78.3 Å². The Kier molecular flexibility index (Phi) is 3.66. The van der Waals surface area contributed by atoms with Gasteiger partial charge >= 0.3 is 0 Å². The summed E-state index contributed by atoms with van der Waals surface area (Å²) >= 11 is 7.53. The molecule has 0 aliphatic carbocycles. The second-order valence-electron chi connectivity index (χ2n) is 1.86. The normalized spacial score (nSPS) is 9.80. The minimum Gasteiger partial charge on any atom is -0.111 e. The van der Waals surface area contributed by atoms with Gasteiger partial charge in [0.2, 0.25) is 0 Å². The molecule has 0 spiro atoms. The molecule has 1 aromatic carbocycles. The molecule has 0 aromatic heterocycles. The lowest BCUT2D eigenvalue weighted by Crippen LogP contribution is -1.78. The fourth-order valence-electron chi connectivity index (χ4n) is 0.685. The fourth-order valence-corrected chi connectivity index (χ4v) is 2.10. The standard InChI is InChI=1S/C7H7BrS2/c8-7-4-2-1-3-6(7)5-10-9/h1-4,9H,5H2. The highest BCUT2D eigenvalue weighted by molar-refractivity contribution is 9.10. The van der Waals surface area contributed by atoms with Crippen LogP contribution >= 0.6 is 38.4 Å². The summed E-state index contributed by atoms with van der Waals surface area (Å²) in [6, 6.07) is 8.17. The number of halogens is 1. The lowest BCUT2D eigenvalue weighted by Gasteiger charge is -1.98. The summed E-state index contributed by atoms with van der Waals surface area (Å²) in [7, 11) is 1.53. The number of rotatable bonds is 2. The Bertz CT molecular complexity index is 213. The van der Waals surface area contributed by atoms with Gasteiger partial charge in [-0.1, -0.05) is 44.9 Å². The second kappa shape index (κ2) is 4.31. The van der Waals surface area contributed by atoms with E-state index in [0.29, 0.717) is 0 Å². The third-order valence-corrected chi connectivity index (χ3v) is 2.78. The molecule has 0 atom stereocenters. The zero-order chi connectivity index (χ0) is 7.40. The minimum atomic E-state index is 0.949. The van der Waals surface area contributed by atoms with E-state index in [2.05, 4.69) is 33.7 Å². The van der Waals surface area contributed by atoms with Crippen LogP contribution in [0.3, 0.4) is 0 Å². The highest BCUT2D eigenvalue weighted by Gasteiger charge is 1.94. The van der Waals surface area contributed by atoms with Crippen LogP contribution in [0.2, 0.25) is 0 Å². The lowest BCUT2D eigenvalue weighted by atomic mass is 10.2. The second-order valence-corrected chi connectivity index (χ2v) is 4.04. The summed E-state index contributed by atoms with van der Waals surface area (Å²) in [6.07, 6.45) is 0. The van der Waals surface area contributed by atoms with Crippen LogP contribution in [0.5, 0.6) is 0 Å². The van der Waals surface area contributed by atoms with Crippen LogP contribution < -0.4 is 0 Å². The molecule has 0 fully saturated rings. The van der Waals surface area contributed by atoms with Crippen molar-refractivity contribution < 1.29 is 0 Å². The van der Waals surface area contributed by atoms with Crippen LogP contribution in [0.4, 0.5) is 0 Å². The smallest absolute Gasteiger partial charge is 0.0297 e. The van der Waals surface area contributed by atoms with Crippen molar-refractivity contribution in [2.75, 3.05) is 0 Å². The van der Waals surface area contributed by atoms with Gasteiger partial charge in [0, 0.05) is 10.2 Å². The van der Waals surface area contributed by atoms with Gasteiger partial charge in [0.15, 0.2) is 0 Å². The van der Waals surface area contributed by atoms with Gasteiger partial charge < -0.3 is 0 Å². The molecular weight excluding hydrogens is 228 g/mol. The monoisotopic (exact) mass is 234 g/mol. The summed E-state index contributed by atoms with van der Waals surface area (Å²) in [5.74, 6) is 0.949. The van der Waals surface area contributed by atoms with Crippen molar-refractivity contribution in [1.82, 2.24) is 0 Å². The number of hydrogen-bond donors (Lipinski definition) is 1. The maximum absolute atomic E-state index is 4.08. The van der Waals surface area contributed by atoms with Crippen molar-refractivity contribution in [3.05, 3.63) is 34.3 Å². The van der Waals surface area contributed by atoms with E-state index in [4.69, 9.17) is 0 Å². The fraction of sp³-hybridized carbons (Fsp3) is 0.143. The van der Waals surface area contributed by atoms with Crippen LogP contribution in [-0.4, -0.2) is 0 Å². The van der Waals surface area contributed by atoms with Gasteiger partial charge in [-0.25, -0.2) is 0 Å². The van der Waals surface area contributed by atoms with Crippen LogP contribution in [0.25, 0.3) is 0 Å². The highest BCUT2D eigenvalue weighted by atomic mass is 79.9. The van der Waals surface area contributed by atoms with Crippen molar-refractivity contribution in [2.24, 2.45) is 0 Å². The highest BCUT2D eigenvalue weighted by Crippen LogP contribution is 2.22. The lowest BCUT2D eigenvalue weighted by molar-refractivity contribution is 1.39. The molecule has 1 rings (SSSR count). The molecule has 0 saturated heterocycles. The number of hydrogen-bond acceptors (Lipinski definition) is 2. The number of thiol groups is 1. The molecule has 1 aromatic rings. The summed E-state index contributed by atoms with van der Waals surface area (Å²) in [5.41, 5.74) is 1.29. The predicted octanol–water partition coefficient (Wildman–Crippen LogP) is 3.53. The molecule has 0 radical (unpaired) electrons. The van der Waals surface area contributed by atoms with Gasteiger partial charge in [0.25, 0.3) is 0 Å². The van der Waals surface area contributed by atoms with Crippen molar-refractivity contribution in [3.8, 4) is 0 Å². The molecule has 0 bridgehead atoms. The first-order chi connectivity index (χ1) is 4.84. The Hall–Kier alpha value is 0.400. The summed E-state index contributed by atoms with van der Waals surface area (Å²) < 4.78 is 1.16. The van der Waals surface area contributed by atoms with Crippen molar-refractivity contribution in [3.63, 3.8) is 0 Å². The molecule has 54 valence electrons. The van der Waals surface area contributed by atoms with Crippen LogP contribution in [0.1, 0.15) is 5.56 Å². The first-order valence-electron chi connectivity index (χ1n) is 2.84. The first kappa shape index (κ1) is 8.50. The quantitative estimate of drug-likeness (QED) is 0.604. The van der Waals surface area contributed by atoms with E-state index in [-0.39, 0.29) is 0 Å². The SMILES string of the molecule is SSCc1ccccc1Br. The van der Waals surface area contributed by atoms with Gasteiger partial charge in [0.1, 0.15) is 0 Å². The average molecular weight is 235 g/mol. The third-order valence-electron chi connectivity index (χ3n) is 1.18. The predicted molar refractivity (Wildman–Crippen MR) is 54.4 cm³/mol. The van der Waals surface area contributed by atoms with Crippen LogP contribution in [-0.2, 0) is 5.75 Å². The van der Waals surface area contributed by atoms with E-state index in [0.717, 1.165) is 10.2 Å². The maximum Gasteiger partial charge on any atom is 0.0297 e. The average Bonchev–Trinajstić information content (AvgIpc) is 1.94. The molecule has 0 unspecified atom stereocenters. The molecular formula is C7H7BrS2. The van der Waals surface area contributed by atoms with E-state index >= 15 is 0 Å². The zero-order valence-corrected chi connectivity index (χ0v) is 8.55. The molecule has 3 heteroatoms.